The summed E-state index contributed by atoms with van der Waals surface area (Å²) in [7, 11) is -1.82. The number of fused-ring (bicyclic) bond motifs is 1. The molecule has 2 atom stereocenters. The number of nitrogens with zero attached hydrogens (tertiary/aromatic N) is 2. The van der Waals surface area contributed by atoms with Gasteiger partial charge in [0.05, 0.1) is 17.0 Å². The number of likely N-dealkylation sites (N-methyl/N-ethyl adjacent to an activating group) is 1. The van der Waals surface area contributed by atoms with Crippen molar-refractivity contribution in [1.29, 1.82) is 0 Å². The van der Waals surface area contributed by atoms with Gasteiger partial charge in [-0.05, 0) is 25.5 Å². The number of amides is 1. The maximum atomic E-state index is 12.7. The minimum Gasteiger partial charge on any atom is -0.366 e. The standard InChI is InChI=1S/C15H20N2O4S/c1-11-3-5-12(6-4-11)22(19,20)17-8-7-14-13(9-17)16(2)15(18)10-21-14/h3-6,13-14H,7-10H2,1-2H3/t13-,14+/m0/s1. The van der Waals surface area contributed by atoms with Crippen LogP contribution in [0.2, 0.25) is 0 Å². The molecule has 2 heterocycles. The second-order valence-electron chi connectivity index (χ2n) is 5.89. The fourth-order valence-electron chi connectivity index (χ4n) is 2.99. The zero-order valence-electron chi connectivity index (χ0n) is 12.7. The van der Waals surface area contributed by atoms with Gasteiger partial charge in [0.15, 0.2) is 0 Å². The molecule has 1 aromatic rings. The molecule has 1 aromatic carbocycles. The first-order valence-corrected chi connectivity index (χ1v) is 8.77. The molecule has 2 saturated heterocycles. The van der Waals surface area contributed by atoms with Crippen LogP contribution in [0.3, 0.4) is 0 Å². The Morgan fingerprint density at radius 2 is 1.91 bits per heavy atom. The van der Waals surface area contributed by atoms with Gasteiger partial charge in [0, 0.05) is 20.1 Å². The number of carbonyl (C=O) groups excluding carboxylic acids is 1. The predicted molar refractivity (Wildman–Crippen MR) is 80.9 cm³/mol. The molecule has 2 aliphatic rings. The van der Waals surface area contributed by atoms with Gasteiger partial charge in [-0.2, -0.15) is 4.31 Å². The number of piperidine rings is 1. The summed E-state index contributed by atoms with van der Waals surface area (Å²) in [4.78, 5) is 13.7. The minimum absolute atomic E-state index is 0.0767. The minimum atomic E-state index is -3.53. The van der Waals surface area contributed by atoms with Crippen molar-refractivity contribution < 1.29 is 17.9 Å². The second kappa shape index (κ2) is 5.64. The number of carbonyl (C=O) groups is 1. The van der Waals surface area contributed by atoms with Gasteiger partial charge in [0.1, 0.15) is 6.61 Å². The first kappa shape index (κ1) is 15.5. The highest BCUT2D eigenvalue weighted by atomic mass is 32.2. The van der Waals surface area contributed by atoms with Crippen molar-refractivity contribution in [3.63, 3.8) is 0 Å². The summed E-state index contributed by atoms with van der Waals surface area (Å²) in [5.41, 5.74) is 1.02. The van der Waals surface area contributed by atoms with E-state index in [2.05, 4.69) is 0 Å². The number of morpholine rings is 1. The van der Waals surface area contributed by atoms with E-state index in [4.69, 9.17) is 4.74 Å². The third-order valence-corrected chi connectivity index (χ3v) is 6.33. The molecule has 3 rings (SSSR count). The van der Waals surface area contributed by atoms with Gasteiger partial charge in [0.25, 0.3) is 0 Å². The highest BCUT2D eigenvalue weighted by Gasteiger charge is 2.42. The highest BCUT2D eigenvalue weighted by Crippen LogP contribution is 2.27. The normalized spacial score (nSPS) is 26.8. The van der Waals surface area contributed by atoms with Crippen LogP contribution < -0.4 is 0 Å². The molecule has 0 unspecified atom stereocenters. The first-order chi connectivity index (χ1) is 10.4. The summed E-state index contributed by atoms with van der Waals surface area (Å²) >= 11 is 0. The fraction of sp³-hybridized carbons (Fsp3) is 0.533. The fourth-order valence-corrected chi connectivity index (χ4v) is 4.46. The molecule has 0 saturated carbocycles. The van der Waals surface area contributed by atoms with Gasteiger partial charge in [-0.1, -0.05) is 17.7 Å². The van der Waals surface area contributed by atoms with Crippen LogP contribution in [0.1, 0.15) is 12.0 Å². The van der Waals surface area contributed by atoms with E-state index in [1.54, 1.807) is 36.2 Å². The van der Waals surface area contributed by atoms with Crippen LogP contribution in [0.25, 0.3) is 0 Å². The van der Waals surface area contributed by atoms with Gasteiger partial charge in [-0.3, -0.25) is 4.79 Å². The van der Waals surface area contributed by atoms with Crippen molar-refractivity contribution in [3.8, 4) is 0 Å². The molecule has 0 bridgehead atoms. The maximum Gasteiger partial charge on any atom is 0.248 e. The second-order valence-corrected chi connectivity index (χ2v) is 7.82. The number of hydrogen-bond donors (Lipinski definition) is 0. The number of aryl methyl sites for hydroxylation is 1. The van der Waals surface area contributed by atoms with E-state index in [0.29, 0.717) is 17.9 Å². The average molecular weight is 324 g/mol. The van der Waals surface area contributed by atoms with E-state index in [0.717, 1.165) is 5.56 Å². The Morgan fingerprint density at radius 3 is 2.59 bits per heavy atom. The van der Waals surface area contributed by atoms with Gasteiger partial charge >= 0.3 is 0 Å². The van der Waals surface area contributed by atoms with E-state index < -0.39 is 10.0 Å². The molecule has 7 heteroatoms. The molecule has 2 aliphatic heterocycles. The van der Waals surface area contributed by atoms with Gasteiger partial charge in [-0.15, -0.1) is 0 Å². The molecule has 2 fully saturated rings. The molecular weight excluding hydrogens is 304 g/mol. The van der Waals surface area contributed by atoms with Crippen molar-refractivity contribution in [1.82, 2.24) is 9.21 Å². The Hall–Kier alpha value is -1.44. The van der Waals surface area contributed by atoms with Crippen molar-refractivity contribution in [3.05, 3.63) is 29.8 Å². The number of hydrogen-bond acceptors (Lipinski definition) is 4. The molecule has 0 radical (unpaired) electrons. The van der Waals surface area contributed by atoms with Crippen molar-refractivity contribution in [2.75, 3.05) is 26.7 Å². The largest absolute Gasteiger partial charge is 0.366 e. The lowest BCUT2D eigenvalue weighted by Crippen LogP contribution is -2.61. The molecule has 6 nitrogen and oxygen atoms in total. The zero-order chi connectivity index (χ0) is 15.9. The van der Waals surface area contributed by atoms with Crippen LogP contribution in [0, 0.1) is 6.92 Å². The Bertz CT molecular complexity index is 671. The van der Waals surface area contributed by atoms with Gasteiger partial charge in [0.2, 0.25) is 15.9 Å². The van der Waals surface area contributed by atoms with Crippen molar-refractivity contribution >= 4 is 15.9 Å². The molecule has 1 amide bonds. The number of benzene rings is 1. The molecule has 0 aliphatic carbocycles. The average Bonchev–Trinajstić information content (AvgIpc) is 2.51. The third-order valence-electron chi connectivity index (χ3n) is 4.45. The van der Waals surface area contributed by atoms with Crippen LogP contribution in [0.15, 0.2) is 29.2 Å². The van der Waals surface area contributed by atoms with Crippen molar-refractivity contribution in [2.45, 2.75) is 30.4 Å². The van der Waals surface area contributed by atoms with Gasteiger partial charge < -0.3 is 9.64 Å². The smallest absolute Gasteiger partial charge is 0.248 e. The molecular formula is C15H20N2O4S. The summed E-state index contributed by atoms with van der Waals surface area (Å²) in [6.07, 6.45) is 0.528. The first-order valence-electron chi connectivity index (χ1n) is 7.33. The topological polar surface area (TPSA) is 66.9 Å². The molecule has 0 N–H and O–H groups in total. The van der Waals surface area contributed by atoms with Crippen LogP contribution in [-0.2, 0) is 19.6 Å². The lowest BCUT2D eigenvalue weighted by atomic mass is 10.0. The number of sulfonamides is 1. The van der Waals surface area contributed by atoms with Gasteiger partial charge in [-0.25, -0.2) is 8.42 Å². The van der Waals surface area contributed by atoms with Crippen LogP contribution in [0.4, 0.5) is 0 Å². The Morgan fingerprint density at radius 1 is 1.23 bits per heavy atom. The number of ether oxygens (including phenoxy) is 1. The van der Waals surface area contributed by atoms with Crippen LogP contribution in [0.5, 0.6) is 0 Å². The van der Waals surface area contributed by atoms with E-state index in [1.807, 2.05) is 6.92 Å². The van der Waals surface area contributed by atoms with Crippen molar-refractivity contribution in [2.24, 2.45) is 0 Å². The van der Waals surface area contributed by atoms with Crippen LogP contribution >= 0.6 is 0 Å². The summed E-state index contributed by atoms with van der Waals surface area (Å²) < 4.78 is 32.5. The van der Waals surface area contributed by atoms with Crippen LogP contribution in [-0.4, -0.2) is 62.4 Å². The zero-order valence-corrected chi connectivity index (χ0v) is 13.5. The lowest BCUT2D eigenvalue weighted by molar-refractivity contribution is -0.158. The number of rotatable bonds is 2. The monoisotopic (exact) mass is 324 g/mol. The third kappa shape index (κ3) is 2.64. The predicted octanol–water partition coefficient (Wildman–Crippen LogP) is 0.615. The molecule has 0 spiro atoms. The summed E-state index contributed by atoms with van der Waals surface area (Å²) in [5.74, 6) is -0.101. The quantitative estimate of drug-likeness (QED) is 0.800. The summed E-state index contributed by atoms with van der Waals surface area (Å²) in [6, 6.07) is 6.62. The Kier molecular flexibility index (Phi) is 3.96. The maximum absolute atomic E-state index is 12.7. The van der Waals surface area contributed by atoms with E-state index in [1.165, 1.54) is 4.31 Å². The lowest BCUT2D eigenvalue weighted by Gasteiger charge is -2.44. The highest BCUT2D eigenvalue weighted by molar-refractivity contribution is 7.89. The molecule has 120 valence electrons. The summed E-state index contributed by atoms with van der Waals surface area (Å²) in [5, 5.41) is 0. The Labute approximate surface area is 130 Å². The van der Waals surface area contributed by atoms with E-state index in [-0.39, 0.29) is 31.2 Å². The Balaban J connectivity index is 1.83. The van der Waals surface area contributed by atoms with E-state index >= 15 is 0 Å². The SMILES string of the molecule is Cc1ccc(S(=O)(=O)N2CC[C@H]3OCC(=O)N(C)[C@H]3C2)cc1. The molecule has 0 aromatic heterocycles. The molecule has 22 heavy (non-hydrogen) atoms. The van der Waals surface area contributed by atoms with E-state index in [9.17, 15) is 13.2 Å². The summed E-state index contributed by atoms with van der Waals surface area (Å²) in [6.45, 7) is 2.70.